The van der Waals surface area contributed by atoms with E-state index in [4.69, 9.17) is 0 Å². The fourth-order valence-electron chi connectivity index (χ4n) is 5.69. The summed E-state index contributed by atoms with van der Waals surface area (Å²) < 4.78 is 0. The Hall–Kier alpha value is 0. The van der Waals surface area contributed by atoms with Crippen molar-refractivity contribution in [2.75, 3.05) is 0 Å². The molecule has 90 valence electrons. The maximum Gasteiger partial charge on any atom is -0.0238 e. The van der Waals surface area contributed by atoms with Gasteiger partial charge < -0.3 is 0 Å². The molecule has 0 saturated heterocycles. The molecule has 4 aliphatic rings. The van der Waals surface area contributed by atoms with E-state index in [-0.39, 0.29) is 0 Å². The van der Waals surface area contributed by atoms with Gasteiger partial charge in [0.15, 0.2) is 0 Å². The van der Waals surface area contributed by atoms with Crippen LogP contribution in [-0.4, -0.2) is 0 Å². The van der Waals surface area contributed by atoms with Gasteiger partial charge in [-0.05, 0) is 74.0 Å². The lowest BCUT2D eigenvalue weighted by Crippen LogP contribution is -2.43. The summed E-state index contributed by atoms with van der Waals surface area (Å²) in [4.78, 5) is 0. The summed E-state index contributed by atoms with van der Waals surface area (Å²) >= 11 is 0. The van der Waals surface area contributed by atoms with Crippen molar-refractivity contribution in [1.29, 1.82) is 0 Å². The van der Waals surface area contributed by atoms with Crippen LogP contribution in [0.5, 0.6) is 0 Å². The molecule has 0 radical (unpaired) electrons. The highest BCUT2D eigenvalue weighted by atomic mass is 14.6. The predicted octanol–water partition coefficient (Wildman–Crippen LogP) is 4.78. The Labute approximate surface area is 100 Å². The molecule has 4 rings (SSSR count). The monoisotopic (exact) mass is 218 g/mol. The van der Waals surface area contributed by atoms with Gasteiger partial charge in [0.2, 0.25) is 0 Å². The normalized spacial score (nSPS) is 46.1. The van der Waals surface area contributed by atoms with Crippen molar-refractivity contribution in [3.05, 3.63) is 0 Å². The van der Waals surface area contributed by atoms with Crippen molar-refractivity contribution in [3.63, 3.8) is 0 Å². The summed E-state index contributed by atoms with van der Waals surface area (Å²) in [7, 11) is 0. The number of hydrogen-bond donors (Lipinski definition) is 0. The molecule has 0 heteroatoms. The Morgan fingerprint density at radius 2 is 1.56 bits per heavy atom. The smallest absolute Gasteiger partial charge is 0.0238 e. The largest absolute Gasteiger partial charge is 0.0533 e. The van der Waals surface area contributed by atoms with Crippen LogP contribution < -0.4 is 0 Å². The quantitative estimate of drug-likeness (QED) is 0.625. The van der Waals surface area contributed by atoms with Crippen LogP contribution in [0.4, 0.5) is 0 Å². The minimum absolute atomic E-state index is 0.867. The van der Waals surface area contributed by atoms with E-state index in [1.807, 2.05) is 0 Å². The molecule has 0 aromatic carbocycles. The van der Waals surface area contributed by atoms with Crippen molar-refractivity contribution in [2.24, 2.45) is 29.1 Å². The molecule has 0 aromatic heterocycles. The third-order valence-corrected chi connectivity index (χ3v) is 6.78. The second kappa shape index (κ2) is 3.50. The fourth-order valence-corrected chi connectivity index (χ4v) is 5.69. The first-order valence-corrected chi connectivity index (χ1v) is 7.90. The molecule has 0 nitrogen and oxygen atoms in total. The zero-order valence-corrected chi connectivity index (χ0v) is 10.6. The van der Waals surface area contributed by atoms with Crippen LogP contribution in [0.3, 0.4) is 0 Å². The van der Waals surface area contributed by atoms with Crippen LogP contribution in [0.15, 0.2) is 0 Å². The van der Waals surface area contributed by atoms with Crippen molar-refractivity contribution < 1.29 is 0 Å². The van der Waals surface area contributed by atoms with Gasteiger partial charge in [-0.15, -0.1) is 0 Å². The van der Waals surface area contributed by atoms with E-state index in [9.17, 15) is 0 Å². The van der Waals surface area contributed by atoms with Crippen LogP contribution in [0.25, 0.3) is 0 Å². The number of fused-ring (bicyclic) bond motifs is 1. The maximum absolute atomic E-state index is 1.62. The molecule has 0 amide bonds. The third kappa shape index (κ3) is 1.28. The lowest BCUT2D eigenvalue weighted by atomic mass is 9.53. The van der Waals surface area contributed by atoms with E-state index in [0.29, 0.717) is 0 Å². The average molecular weight is 218 g/mol. The summed E-state index contributed by atoms with van der Waals surface area (Å²) in [5, 5.41) is 0. The molecule has 0 heterocycles. The van der Waals surface area contributed by atoms with E-state index in [1.54, 1.807) is 64.2 Å². The molecule has 0 aliphatic heterocycles. The highest BCUT2D eigenvalue weighted by molar-refractivity contribution is 5.08. The molecular weight excluding hydrogens is 192 g/mol. The summed E-state index contributed by atoms with van der Waals surface area (Å²) in [5.74, 6) is 4.75. The summed E-state index contributed by atoms with van der Waals surface area (Å²) in [6.07, 6.45) is 17.5. The Morgan fingerprint density at radius 3 is 2.06 bits per heavy atom. The van der Waals surface area contributed by atoms with Gasteiger partial charge in [0.25, 0.3) is 0 Å². The minimum Gasteiger partial charge on any atom is -0.0533 e. The van der Waals surface area contributed by atoms with E-state index < -0.39 is 0 Å². The average Bonchev–Trinajstić information content (AvgIpc) is 2.88. The molecule has 0 N–H and O–H groups in total. The zero-order chi connectivity index (χ0) is 10.6. The van der Waals surface area contributed by atoms with Gasteiger partial charge >= 0.3 is 0 Å². The van der Waals surface area contributed by atoms with E-state index in [1.165, 1.54) is 24.2 Å². The standard InChI is InChI=1S/C16H26/c1-2-9-16(10-3-1,13-5-4-6-13)15-8-7-12-11-14(12)15/h12-15H,1-11H2. The summed E-state index contributed by atoms with van der Waals surface area (Å²) in [6.45, 7) is 0. The SMILES string of the molecule is C1CCC(C2CCC2)(C2CCC3CC32)CC1. The first-order valence-electron chi connectivity index (χ1n) is 7.90. The fraction of sp³-hybridized carbons (Fsp3) is 1.00. The highest BCUT2D eigenvalue weighted by Gasteiger charge is 2.58. The van der Waals surface area contributed by atoms with Gasteiger partial charge in [-0.1, -0.05) is 25.7 Å². The van der Waals surface area contributed by atoms with Gasteiger partial charge in [-0.2, -0.15) is 0 Å². The molecule has 0 spiro atoms. The summed E-state index contributed by atoms with van der Waals surface area (Å²) in [5.41, 5.74) is 0.867. The van der Waals surface area contributed by atoms with Crippen LogP contribution in [0.2, 0.25) is 0 Å². The van der Waals surface area contributed by atoms with Gasteiger partial charge in [0.1, 0.15) is 0 Å². The van der Waals surface area contributed by atoms with Gasteiger partial charge in [-0.3, -0.25) is 0 Å². The topological polar surface area (TPSA) is 0 Å². The molecule has 16 heavy (non-hydrogen) atoms. The first kappa shape index (κ1) is 9.97. The van der Waals surface area contributed by atoms with E-state index in [2.05, 4.69) is 0 Å². The molecule has 4 aliphatic carbocycles. The minimum atomic E-state index is 0.867. The molecule has 3 atom stereocenters. The van der Waals surface area contributed by atoms with Crippen LogP contribution >= 0.6 is 0 Å². The third-order valence-electron chi connectivity index (χ3n) is 6.78. The van der Waals surface area contributed by atoms with Crippen molar-refractivity contribution in [2.45, 2.75) is 70.6 Å². The van der Waals surface area contributed by atoms with Gasteiger partial charge in [0, 0.05) is 0 Å². The lowest BCUT2D eigenvalue weighted by molar-refractivity contribution is -0.0236. The molecule has 3 unspecified atom stereocenters. The molecule has 0 bridgehead atoms. The lowest BCUT2D eigenvalue weighted by Gasteiger charge is -2.52. The summed E-state index contributed by atoms with van der Waals surface area (Å²) in [6, 6.07) is 0. The Bertz CT molecular complexity index is 270. The number of hydrogen-bond acceptors (Lipinski definition) is 0. The van der Waals surface area contributed by atoms with Gasteiger partial charge in [-0.25, -0.2) is 0 Å². The first-order chi connectivity index (χ1) is 7.90. The second-order valence-electron chi connectivity index (χ2n) is 7.27. The van der Waals surface area contributed by atoms with Crippen molar-refractivity contribution in [1.82, 2.24) is 0 Å². The van der Waals surface area contributed by atoms with Crippen molar-refractivity contribution in [3.8, 4) is 0 Å². The molecule has 4 saturated carbocycles. The van der Waals surface area contributed by atoms with Crippen molar-refractivity contribution >= 4 is 0 Å². The molecule has 0 aromatic rings. The Balaban J connectivity index is 1.61. The van der Waals surface area contributed by atoms with Crippen LogP contribution in [0.1, 0.15) is 70.6 Å². The maximum atomic E-state index is 1.62. The molecular formula is C16H26. The number of rotatable bonds is 2. The van der Waals surface area contributed by atoms with E-state index >= 15 is 0 Å². The van der Waals surface area contributed by atoms with Crippen LogP contribution in [0, 0.1) is 29.1 Å². The van der Waals surface area contributed by atoms with Crippen LogP contribution in [-0.2, 0) is 0 Å². The predicted molar refractivity (Wildman–Crippen MR) is 67.2 cm³/mol. The Morgan fingerprint density at radius 1 is 0.750 bits per heavy atom. The van der Waals surface area contributed by atoms with Gasteiger partial charge in [0.05, 0.1) is 0 Å². The Kier molecular flexibility index (Phi) is 2.18. The van der Waals surface area contributed by atoms with E-state index in [0.717, 1.165) is 11.3 Å². The molecule has 4 fully saturated rings. The highest BCUT2D eigenvalue weighted by Crippen LogP contribution is 2.67. The second-order valence-corrected chi connectivity index (χ2v) is 7.27. The zero-order valence-electron chi connectivity index (χ0n) is 10.6.